The zero-order chi connectivity index (χ0) is 30.5. The molecule has 1 amide bonds. The summed E-state index contributed by atoms with van der Waals surface area (Å²) in [6.07, 6.45) is 1.33. The molecule has 216 valence electrons. The first-order valence-corrected chi connectivity index (χ1v) is 13.6. The van der Waals surface area contributed by atoms with Gasteiger partial charge in [-0.3, -0.25) is 9.59 Å². The predicted octanol–water partition coefficient (Wildman–Crippen LogP) is 6.65. The van der Waals surface area contributed by atoms with Crippen LogP contribution >= 0.6 is 15.9 Å². The van der Waals surface area contributed by atoms with Crippen molar-refractivity contribution in [2.45, 2.75) is 6.92 Å². The normalized spacial score (nSPS) is 11.0. The molecule has 1 aromatic heterocycles. The maximum atomic E-state index is 14.1. The maximum absolute atomic E-state index is 14.1. The molecule has 1 heterocycles. The van der Waals surface area contributed by atoms with Gasteiger partial charge in [0.05, 0.1) is 18.9 Å². The lowest BCUT2D eigenvalue weighted by molar-refractivity contribution is -0.132. The number of esters is 2. The number of rotatable bonds is 8. The van der Waals surface area contributed by atoms with E-state index in [1.807, 2.05) is 30.3 Å². The molecule has 0 aliphatic rings. The summed E-state index contributed by atoms with van der Waals surface area (Å²) >= 11 is 3.39. The summed E-state index contributed by atoms with van der Waals surface area (Å²) in [6, 6.07) is 22.6. The first-order chi connectivity index (χ1) is 20.7. The maximum Gasteiger partial charge on any atom is 0.343 e. The molecule has 4 aromatic carbocycles. The third kappa shape index (κ3) is 6.62. The molecule has 0 aliphatic carbocycles. The van der Waals surface area contributed by atoms with Crippen LogP contribution in [-0.4, -0.2) is 36.2 Å². The highest BCUT2D eigenvalue weighted by atomic mass is 79.9. The van der Waals surface area contributed by atoms with Crippen molar-refractivity contribution in [1.82, 2.24) is 10.4 Å². The van der Waals surface area contributed by atoms with Crippen molar-refractivity contribution < 1.29 is 33.0 Å². The monoisotopic (exact) mass is 643 g/mol. The SMILES string of the molecule is COc1cc(C(=O)Oc2ccc(Br)cc2C=NNC(=O)c2[nH]c3ccc(F)cc3c2-c2ccccc2)ccc1OC(C)=O. The fourth-order valence-electron chi connectivity index (χ4n) is 4.36. The van der Waals surface area contributed by atoms with E-state index in [4.69, 9.17) is 14.2 Å². The number of hydrogen-bond donors (Lipinski definition) is 2. The average molecular weight is 644 g/mol. The number of amides is 1. The molecule has 0 unspecified atom stereocenters. The number of nitrogens with one attached hydrogen (secondary N) is 2. The van der Waals surface area contributed by atoms with E-state index >= 15 is 0 Å². The van der Waals surface area contributed by atoms with E-state index in [2.05, 4.69) is 31.4 Å². The number of H-pyrrole nitrogens is 1. The highest BCUT2D eigenvalue weighted by Gasteiger charge is 2.20. The summed E-state index contributed by atoms with van der Waals surface area (Å²) in [4.78, 5) is 40.6. The Morgan fingerprint density at radius 1 is 0.907 bits per heavy atom. The van der Waals surface area contributed by atoms with Crippen LogP contribution in [0.4, 0.5) is 4.39 Å². The number of hydrazone groups is 1. The minimum absolute atomic E-state index is 0.149. The molecule has 9 nitrogen and oxygen atoms in total. The van der Waals surface area contributed by atoms with E-state index < -0.39 is 23.7 Å². The molecule has 5 aromatic rings. The van der Waals surface area contributed by atoms with Crippen LogP contribution in [0.25, 0.3) is 22.0 Å². The fourth-order valence-corrected chi connectivity index (χ4v) is 4.74. The number of methoxy groups -OCH3 is 1. The van der Waals surface area contributed by atoms with Gasteiger partial charge in [-0.25, -0.2) is 14.6 Å². The van der Waals surface area contributed by atoms with Crippen molar-refractivity contribution in [3.63, 3.8) is 0 Å². The number of nitrogens with zero attached hydrogens (tertiary/aromatic N) is 1. The second-order valence-corrected chi connectivity index (χ2v) is 10.1. The molecule has 2 N–H and O–H groups in total. The quantitative estimate of drug-likeness (QED) is 0.0845. The minimum Gasteiger partial charge on any atom is -0.493 e. The number of benzene rings is 4. The van der Waals surface area contributed by atoms with Crippen molar-refractivity contribution in [3.8, 4) is 28.4 Å². The molecule has 43 heavy (non-hydrogen) atoms. The largest absolute Gasteiger partial charge is 0.493 e. The molecule has 0 aliphatic heterocycles. The number of fused-ring (bicyclic) bond motifs is 1. The van der Waals surface area contributed by atoms with Gasteiger partial charge in [-0.15, -0.1) is 0 Å². The summed E-state index contributed by atoms with van der Waals surface area (Å²) in [5.74, 6) is -1.71. The Hall–Kier alpha value is -5.29. The van der Waals surface area contributed by atoms with Crippen LogP contribution in [-0.2, 0) is 4.79 Å². The van der Waals surface area contributed by atoms with Crippen molar-refractivity contribution in [2.24, 2.45) is 5.10 Å². The number of aromatic amines is 1. The first kappa shape index (κ1) is 29.2. The van der Waals surface area contributed by atoms with Crippen molar-refractivity contribution in [2.75, 3.05) is 7.11 Å². The van der Waals surface area contributed by atoms with Crippen LogP contribution in [0.15, 0.2) is 94.5 Å². The van der Waals surface area contributed by atoms with Gasteiger partial charge < -0.3 is 19.2 Å². The predicted molar refractivity (Wildman–Crippen MR) is 162 cm³/mol. The third-order valence-electron chi connectivity index (χ3n) is 6.25. The zero-order valence-electron chi connectivity index (χ0n) is 22.8. The lowest BCUT2D eigenvalue weighted by Gasteiger charge is -2.11. The van der Waals surface area contributed by atoms with Gasteiger partial charge in [-0.1, -0.05) is 46.3 Å². The zero-order valence-corrected chi connectivity index (χ0v) is 24.4. The lowest BCUT2D eigenvalue weighted by atomic mass is 10.0. The van der Waals surface area contributed by atoms with Gasteiger partial charge in [-0.05, 0) is 60.2 Å². The van der Waals surface area contributed by atoms with E-state index in [9.17, 15) is 18.8 Å². The van der Waals surface area contributed by atoms with Gasteiger partial charge >= 0.3 is 11.9 Å². The van der Waals surface area contributed by atoms with Crippen LogP contribution in [0.3, 0.4) is 0 Å². The molecule has 0 radical (unpaired) electrons. The number of halogens is 2. The van der Waals surface area contributed by atoms with Crippen LogP contribution in [0, 0.1) is 5.82 Å². The molecule has 0 bridgehead atoms. The topological polar surface area (TPSA) is 119 Å². The number of hydrogen-bond acceptors (Lipinski definition) is 7. The molecule has 5 rings (SSSR count). The van der Waals surface area contributed by atoms with Gasteiger partial charge in [-0.2, -0.15) is 5.10 Å². The summed E-state index contributed by atoms with van der Waals surface area (Å²) in [7, 11) is 1.38. The standard InChI is InChI=1S/C32H23BrFN3O6/c1-18(38)42-27-12-8-20(15-28(27)41-2)32(40)43-26-13-9-22(33)14-21(26)17-35-37-31(39)30-29(19-6-4-3-5-7-19)24-16-23(34)10-11-25(24)36-30/h3-17,36H,1-2H3,(H,37,39). The van der Waals surface area contributed by atoms with Crippen molar-refractivity contribution >= 4 is 50.9 Å². The van der Waals surface area contributed by atoms with Crippen molar-refractivity contribution in [1.29, 1.82) is 0 Å². The lowest BCUT2D eigenvalue weighted by Crippen LogP contribution is -2.19. The highest BCUT2D eigenvalue weighted by molar-refractivity contribution is 9.10. The fraction of sp³-hybridized carbons (Fsp3) is 0.0625. The van der Waals surface area contributed by atoms with Crippen LogP contribution < -0.4 is 19.6 Å². The minimum atomic E-state index is -0.702. The Bertz CT molecular complexity index is 1890. The van der Waals surface area contributed by atoms with Crippen LogP contribution in [0.5, 0.6) is 17.2 Å². The van der Waals surface area contributed by atoms with Crippen molar-refractivity contribution in [3.05, 3.63) is 112 Å². The third-order valence-corrected chi connectivity index (χ3v) is 6.74. The Morgan fingerprint density at radius 3 is 2.42 bits per heavy atom. The van der Waals surface area contributed by atoms with E-state index in [0.717, 1.165) is 5.56 Å². The van der Waals surface area contributed by atoms with E-state index in [0.29, 0.717) is 26.5 Å². The summed E-state index contributed by atoms with van der Waals surface area (Å²) in [5.41, 5.74) is 5.09. The van der Waals surface area contributed by atoms with E-state index in [-0.39, 0.29) is 28.5 Å². The van der Waals surface area contributed by atoms with E-state index in [1.54, 1.807) is 24.3 Å². The van der Waals surface area contributed by atoms with E-state index in [1.165, 1.54) is 50.6 Å². The number of ether oxygens (including phenoxy) is 3. The second kappa shape index (κ2) is 12.7. The Morgan fingerprint density at radius 2 is 1.67 bits per heavy atom. The summed E-state index contributed by atoms with van der Waals surface area (Å²) in [5, 5.41) is 4.64. The van der Waals surface area contributed by atoms with Gasteiger partial charge in [0.25, 0.3) is 5.91 Å². The number of aromatic nitrogens is 1. The molecule has 0 atom stereocenters. The number of carbonyl (C=O) groups is 3. The Balaban J connectivity index is 1.38. The highest BCUT2D eigenvalue weighted by Crippen LogP contribution is 2.33. The molecule has 0 saturated heterocycles. The summed E-state index contributed by atoms with van der Waals surface area (Å²) < 4.78 is 30.7. The molecule has 11 heteroatoms. The smallest absolute Gasteiger partial charge is 0.343 e. The molecule has 0 saturated carbocycles. The Labute approximate surface area is 253 Å². The van der Waals surface area contributed by atoms with Crippen LogP contribution in [0.1, 0.15) is 33.3 Å². The molecule has 0 fully saturated rings. The van der Waals surface area contributed by atoms with Gasteiger partial charge in [0.15, 0.2) is 11.5 Å². The average Bonchev–Trinajstić information content (AvgIpc) is 3.37. The van der Waals surface area contributed by atoms with Crippen LogP contribution in [0.2, 0.25) is 0 Å². The molecule has 0 spiro atoms. The summed E-state index contributed by atoms with van der Waals surface area (Å²) in [6.45, 7) is 1.25. The number of carbonyl (C=O) groups excluding carboxylic acids is 3. The van der Waals surface area contributed by atoms with Gasteiger partial charge in [0.1, 0.15) is 17.3 Å². The first-order valence-electron chi connectivity index (χ1n) is 12.8. The second-order valence-electron chi connectivity index (χ2n) is 9.16. The van der Waals surface area contributed by atoms with Gasteiger partial charge in [0.2, 0.25) is 0 Å². The molecular formula is C32H23BrFN3O6. The molecular weight excluding hydrogens is 621 g/mol. The van der Waals surface area contributed by atoms with Gasteiger partial charge in [0, 0.05) is 33.4 Å². The Kier molecular flexibility index (Phi) is 8.63.